The summed E-state index contributed by atoms with van der Waals surface area (Å²) in [6, 6.07) is 13.0. The van der Waals surface area contributed by atoms with Crippen molar-refractivity contribution in [2.75, 3.05) is 28.7 Å². The number of fused-ring (bicyclic) bond motifs is 1. The molecule has 1 atom stereocenters. The van der Waals surface area contributed by atoms with Crippen molar-refractivity contribution >= 4 is 35.0 Å². The number of hydrogen-bond acceptors (Lipinski definition) is 4. The normalized spacial score (nSPS) is 16.3. The first-order chi connectivity index (χ1) is 13.9. The molecule has 29 heavy (non-hydrogen) atoms. The number of nitrogens with zero attached hydrogens (tertiary/aromatic N) is 5. The second-order valence-electron chi connectivity index (χ2n) is 7.28. The Morgan fingerprint density at radius 3 is 2.76 bits per heavy atom. The van der Waals surface area contributed by atoms with Crippen molar-refractivity contribution in [3.63, 3.8) is 0 Å². The number of amides is 2. The van der Waals surface area contributed by atoms with Crippen LogP contribution in [0.4, 0.5) is 22.1 Å². The van der Waals surface area contributed by atoms with Crippen molar-refractivity contribution in [1.82, 2.24) is 14.8 Å². The van der Waals surface area contributed by atoms with Gasteiger partial charge in [0.1, 0.15) is 0 Å². The predicted molar refractivity (Wildman–Crippen MR) is 117 cm³/mol. The molecule has 0 spiro atoms. The van der Waals surface area contributed by atoms with Gasteiger partial charge in [-0.2, -0.15) is 5.10 Å². The number of halogens is 1. The van der Waals surface area contributed by atoms with Gasteiger partial charge in [0.2, 0.25) is 0 Å². The first kappa shape index (κ1) is 19.3. The Kier molecular flexibility index (Phi) is 5.15. The van der Waals surface area contributed by atoms with Gasteiger partial charge in [0, 0.05) is 49.5 Å². The van der Waals surface area contributed by atoms with Gasteiger partial charge in [0.15, 0.2) is 11.6 Å². The van der Waals surface area contributed by atoms with Crippen LogP contribution in [0.3, 0.4) is 0 Å². The minimum atomic E-state index is -0.247. The Morgan fingerprint density at radius 1 is 1.21 bits per heavy atom. The summed E-state index contributed by atoms with van der Waals surface area (Å²) >= 11 is 6.16. The first-order valence-corrected chi connectivity index (χ1v) is 9.88. The second-order valence-corrected chi connectivity index (χ2v) is 7.72. The third-order valence-corrected chi connectivity index (χ3v) is 5.34. The molecule has 1 aliphatic rings. The van der Waals surface area contributed by atoms with Crippen LogP contribution in [0.5, 0.6) is 0 Å². The van der Waals surface area contributed by atoms with Gasteiger partial charge in [-0.05, 0) is 37.6 Å². The second kappa shape index (κ2) is 7.75. The van der Waals surface area contributed by atoms with E-state index in [1.165, 1.54) is 0 Å². The molecule has 0 aliphatic carbocycles. The molecule has 2 amide bonds. The van der Waals surface area contributed by atoms with Crippen LogP contribution in [-0.2, 0) is 7.05 Å². The number of benzene rings is 1. The molecule has 1 aromatic carbocycles. The number of hydrogen-bond donors (Lipinski definition) is 1. The van der Waals surface area contributed by atoms with Gasteiger partial charge >= 0.3 is 6.03 Å². The molecule has 0 radical (unpaired) electrons. The van der Waals surface area contributed by atoms with Crippen molar-refractivity contribution in [2.45, 2.75) is 19.4 Å². The quantitative estimate of drug-likeness (QED) is 0.679. The molecule has 0 unspecified atom stereocenters. The maximum absolute atomic E-state index is 13.2. The highest BCUT2D eigenvalue weighted by Crippen LogP contribution is 2.35. The highest BCUT2D eigenvalue weighted by molar-refractivity contribution is 6.30. The topological polar surface area (TPSA) is 66.3 Å². The molecule has 0 fully saturated rings. The Bertz CT molecular complexity index is 1050. The molecule has 8 heteroatoms. The Balaban J connectivity index is 1.76. The summed E-state index contributed by atoms with van der Waals surface area (Å²) in [5.41, 5.74) is 2.59. The van der Waals surface area contributed by atoms with Crippen LogP contribution < -0.4 is 15.1 Å². The summed E-state index contributed by atoms with van der Waals surface area (Å²) in [6.07, 6.45) is 2.62. The van der Waals surface area contributed by atoms with Gasteiger partial charge in [-0.3, -0.25) is 14.9 Å². The summed E-state index contributed by atoms with van der Waals surface area (Å²) in [6.45, 7) is 2.87. The van der Waals surface area contributed by atoms with Crippen LogP contribution in [0.1, 0.15) is 13.3 Å². The molecule has 150 valence electrons. The monoisotopic (exact) mass is 410 g/mol. The van der Waals surface area contributed by atoms with Crippen molar-refractivity contribution in [1.29, 1.82) is 0 Å². The zero-order valence-electron chi connectivity index (χ0n) is 16.6. The fraction of sp³-hybridized carbons (Fsp3) is 0.286. The molecule has 1 aliphatic heterocycles. The number of carbonyl (C=O) groups excluding carboxylic acids is 1. The summed E-state index contributed by atoms with van der Waals surface area (Å²) < 4.78 is 1.65. The van der Waals surface area contributed by atoms with E-state index in [1.54, 1.807) is 21.8 Å². The van der Waals surface area contributed by atoms with E-state index < -0.39 is 0 Å². The minimum absolute atomic E-state index is 0.0236. The lowest BCUT2D eigenvalue weighted by Gasteiger charge is -2.27. The average Bonchev–Trinajstić information content (AvgIpc) is 3.05. The SMILES string of the molecule is C[C@@H]1CCN(C)c2ccc(-c3cccc(Cl)c3)nc2N1C(=O)Nc1ccn(C)n1. The van der Waals surface area contributed by atoms with Gasteiger partial charge in [-0.1, -0.05) is 23.7 Å². The molecule has 0 saturated carbocycles. The van der Waals surface area contributed by atoms with Gasteiger partial charge in [-0.25, -0.2) is 9.78 Å². The number of nitrogens with one attached hydrogen (secondary N) is 1. The first-order valence-electron chi connectivity index (χ1n) is 9.50. The van der Waals surface area contributed by atoms with Crippen molar-refractivity contribution in [3.05, 3.63) is 53.7 Å². The summed E-state index contributed by atoms with van der Waals surface area (Å²) in [4.78, 5) is 21.9. The Labute approximate surface area is 174 Å². The van der Waals surface area contributed by atoms with Gasteiger partial charge in [0.25, 0.3) is 0 Å². The number of pyridine rings is 1. The number of urea groups is 1. The van der Waals surface area contributed by atoms with E-state index in [0.29, 0.717) is 16.7 Å². The molecular weight excluding hydrogens is 388 g/mol. The Morgan fingerprint density at radius 2 is 2.03 bits per heavy atom. The molecule has 3 heterocycles. The Hall–Kier alpha value is -3.06. The van der Waals surface area contributed by atoms with Crippen LogP contribution in [0.15, 0.2) is 48.7 Å². The number of rotatable bonds is 2. The fourth-order valence-corrected chi connectivity index (χ4v) is 3.70. The van der Waals surface area contributed by atoms with Crippen LogP contribution >= 0.6 is 11.6 Å². The highest BCUT2D eigenvalue weighted by atomic mass is 35.5. The average molecular weight is 411 g/mol. The molecule has 1 N–H and O–H groups in total. The summed E-state index contributed by atoms with van der Waals surface area (Å²) in [5, 5.41) is 7.79. The van der Waals surface area contributed by atoms with Crippen molar-refractivity contribution in [2.24, 2.45) is 7.05 Å². The van der Waals surface area contributed by atoms with E-state index in [4.69, 9.17) is 16.6 Å². The van der Waals surface area contributed by atoms with Gasteiger partial charge < -0.3 is 4.90 Å². The minimum Gasteiger partial charge on any atom is -0.372 e. The van der Waals surface area contributed by atoms with E-state index in [0.717, 1.165) is 29.9 Å². The zero-order valence-corrected chi connectivity index (χ0v) is 17.4. The standard InChI is InChI=1S/C21H23ClN6O/c1-14-9-11-26(2)18-8-7-17(15-5-4-6-16(22)13-15)23-20(18)28(14)21(29)24-19-10-12-27(3)25-19/h4-8,10,12-14H,9,11H2,1-3H3,(H,24,25,29)/t14-/m1/s1. The number of aryl methyl sites for hydroxylation is 1. The molecular formula is C21H23ClN6O. The van der Waals surface area contributed by atoms with E-state index in [9.17, 15) is 4.79 Å². The lowest BCUT2D eigenvalue weighted by molar-refractivity contribution is 0.255. The predicted octanol–water partition coefficient (Wildman–Crippen LogP) is 4.40. The van der Waals surface area contributed by atoms with Crippen LogP contribution in [0.25, 0.3) is 11.3 Å². The molecule has 7 nitrogen and oxygen atoms in total. The summed E-state index contributed by atoms with van der Waals surface area (Å²) in [5.74, 6) is 1.14. The van der Waals surface area contributed by atoms with Gasteiger partial charge in [-0.15, -0.1) is 0 Å². The van der Waals surface area contributed by atoms with E-state index in [2.05, 4.69) is 15.3 Å². The smallest absolute Gasteiger partial charge is 0.329 e. The van der Waals surface area contributed by atoms with E-state index in [1.807, 2.05) is 57.4 Å². The van der Waals surface area contributed by atoms with Crippen molar-refractivity contribution in [3.8, 4) is 11.3 Å². The van der Waals surface area contributed by atoms with Gasteiger partial charge in [0.05, 0.1) is 11.4 Å². The van der Waals surface area contributed by atoms with Crippen LogP contribution in [0, 0.1) is 0 Å². The lowest BCUT2D eigenvalue weighted by atomic mass is 10.1. The fourth-order valence-electron chi connectivity index (χ4n) is 3.51. The third-order valence-electron chi connectivity index (χ3n) is 5.10. The zero-order chi connectivity index (χ0) is 20.5. The molecule has 0 saturated heterocycles. The number of anilines is 3. The third kappa shape index (κ3) is 3.91. The maximum Gasteiger partial charge on any atom is 0.329 e. The largest absolute Gasteiger partial charge is 0.372 e. The number of aromatic nitrogens is 3. The lowest BCUT2D eigenvalue weighted by Crippen LogP contribution is -2.42. The molecule has 3 aromatic rings. The van der Waals surface area contributed by atoms with Crippen LogP contribution in [-0.4, -0.2) is 40.4 Å². The van der Waals surface area contributed by atoms with E-state index >= 15 is 0 Å². The maximum atomic E-state index is 13.2. The van der Waals surface area contributed by atoms with E-state index in [-0.39, 0.29) is 12.1 Å². The highest BCUT2D eigenvalue weighted by Gasteiger charge is 2.30. The molecule has 0 bridgehead atoms. The summed E-state index contributed by atoms with van der Waals surface area (Å²) in [7, 11) is 3.83. The number of carbonyl (C=O) groups is 1. The van der Waals surface area contributed by atoms with Crippen molar-refractivity contribution < 1.29 is 4.79 Å². The van der Waals surface area contributed by atoms with Crippen LogP contribution in [0.2, 0.25) is 5.02 Å². The molecule has 2 aromatic heterocycles. The molecule has 4 rings (SSSR count).